The Labute approximate surface area is 152 Å². The first kappa shape index (κ1) is 16.1. The number of hydrogen-bond acceptors (Lipinski definition) is 2. The molecule has 0 aliphatic heterocycles. The van der Waals surface area contributed by atoms with Gasteiger partial charge in [0, 0.05) is 28.1 Å². The number of benzene rings is 2. The number of nitrogens with zero attached hydrogens (tertiary/aromatic N) is 1. The zero-order valence-corrected chi connectivity index (χ0v) is 14.8. The third kappa shape index (κ3) is 3.24. The van der Waals surface area contributed by atoms with E-state index in [0.29, 0.717) is 5.82 Å². The third-order valence-electron chi connectivity index (χ3n) is 4.69. The average molecular weight is 351 g/mol. The van der Waals surface area contributed by atoms with Crippen LogP contribution < -0.4 is 5.32 Å². The Morgan fingerprint density at radius 1 is 1.20 bits per heavy atom. The van der Waals surface area contributed by atoms with Gasteiger partial charge in [0.2, 0.25) is 5.91 Å². The van der Waals surface area contributed by atoms with E-state index in [9.17, 15) is 4.79 Å². The third-order valence-corrected chi connectivity index (χ3v) is 5.01. The fraction of sp³-hybridized carbons (Fsp3) is 0.238. The predicted molar refractivity (Wildman–Crippen MR) is 103 cm³/mol. The minimum Gasteiger partial charge on any atom is -0.310 e. The number of aryl methyl sites for hydroxylation is 1. The molecule has 0 bridgehead atoms. The molecule has 2 aromatic carbocycles. The molecule has 1 aliphatic carbocycles. The van der Waals surface area contributed by atoms with Gasteiger partial charge < -0.3 is 5.32 Å². The Kier molecular flexibility index (Phi) is 4.18. The number of rotatable bonds is 4. The summed E-state index contributed by atoms with van der Waals surface area (Å²) in [6, 6.07) is 14.2. The van der Waals surface area contributed by atoms with Gasteiger partial charge in [-0.05, 0) is 54.0 Å². The quantitative estimate of drug-likeness (QED) is 0.678. The van der Waals surface area contributed by atoms with Crippen LogP contribution in [0.2, 0.25) is 5.02 Å². The summed E-state index contributed by atoms with van der Waals surface area (Å²) in [6.45, 7) is 2.13. The zero-order chi connectivity index (χ0) is 17.4. The summed E-state index contributed by atoms with van der Waals surface area (Å²) in [4.78, 5) is 16.3. The molecule has 0 atom stereocenters. The maximum atomic E-state index is 11.9. The zero-order valence-electron chi connectivity index (χ0n) is 14.1. The number of halogens is 1. The van der Waals surface area contributed by atoms with Gasteiger partial charge in [0.25, 0.3) is 0 Å². The van der Waals surface area contributed by atoms with Crippen LogP contribution in [0.4, 0.5) is 5.82 Å². The number of carbonyl (C=O) groups is 1. The molecule has 25 heavy (non-hydrogen) atoms. The van der Waals surface area contributed by atoms with E-state index in [1.165, 1.54) is 5.56 Å². The monoisotopic (exact) mass is 350 g/mol. The molecule has 1 aliphatic rings. The first-order valence-corrected chi connectivity index (χ1v) is 9.02. The van der Waals surface area contributed by atoms with Crippen molar-refractivity contribution in [2.45, 2.75) is 26.2 Å². The van der Waals surface area contributed by atoms with Gasteiger partial charge in [-0.3, -0.25) is 4.79 Å². The summed E-state index contributed by atoms with van der Waals surface area (Å²) < 4.78 is 0. The van der Waals surface area contributed by atoms with E-state index in [4.69, 9.17) is 11.6 Å². The Morgan fingerprint density at radius 2 is 2.04 bits per heavy atom. The molecule has 1 heterocycles. The van der Waals surface area contributed by atoms with Crippen LogP contribution in [-0.2, 0) is 11.2 Å². The first-order valence-electron chi connectivity index (χ1n) is 8.64. The number of anilines is 1. The van der Waals surface area contributed by atoms with Crippen molar-refractivity contribution in [1.82, 2.24) is 4.98 Å². The van der Waals surface area contributed by atoms with Gasteiger partial charge in [-0.1, -0.05) is 42.8 Å². The first-order chi connectivity index (χ1) is 12.2. The highest BCUT2D eigenvalue weighted by Crippen LogP contribution is 2.34. The van der Waals surface area contributed by atoms with Gasteiger partial charge in [0.1, 0.15) is 5.82 Å². The van der Waals surface area contributed by atoms with Crippen molar-refractivity contribution in [2.24, 2.45) is 5.92 Å². The Hall–Kier alpha value is -2.39. The molecule has 0 unspecified atom stereocenters. The number of hydrogen-bond donors (Lipinski definition) is 1. The largest absolute Gasteiger partial charge is 0.310 e. The standard InChI is InChI=1S/C21H19ClN2O/c1-2-13-4-3-5-18(22)20(13)16-9-8-15-11-19(23-12-17(15)10-16)24-21(25)14-6-7-14/h3-5,8-12,14H,2,6-7H2,1H3,(H,23,24,25). The van der Waals surface area contributed by atoms with Crippen molar-refractivity contribution in [3.8, 4) is 11.1 Å². The van der Waals surface area contributed by atoms with E-state index in [-0.39, 0.29) is 11.8 Å². The van der Waals surface area contributed by atoms with E-state index in [0.717, 1.165) is 46.2 Å². The fourth-order valence-electron chi connectivity index (χ4n) is 3.13. The topological polar surface area (TPSA) is 42.0 Å². The van der Waals surface area contributed by atoms with Crippen LogP contribution in [0.5, 0.6) is 0 Å². The lowest BCUT2D eigenvalue weighted by Crippen LogP contribution is -2.14. The number of nitrogens with one attached hydrogen (secondary N) is 1. The van der Waals surface area contributed by atoms with E-state index >= 15 is 0 Å². The van der Waals surface area contributed by atoms with E-state index in [1.807, 2.05) is 24.4 Å². The predicted octanol–water partition coefficient (Wildman–Crippen LogP) is 5.47. The Balaban J connectivity index is 1.70. The van der Waals surface area contributed by atoms with Crippen molar-refractivity contribution >= 4 is 34.1 Å². The summed E-state index contributed by atoms with van der Waals surface area (Å²) in [5, 5.41) is 5.74. The Morgan fingerprint density at radius 3 is 2.80 bits per heavy atom. The summed E-state index contributed by atoms with van der Waals surface area (Å²) in [5.41, 5.74) is 3.40. The molecule has 3 nitrogen and oxygen atoms in total. The number of aromatic nitrogens is 1. The van der Waals surface area contributed by atoms with Crippen molar-refractivity contribution in [3.63, 3.8) is 0 Å². The van der Waals surface area contributed by atoms with E-state index in [1.54, 1.807) is 0 Å². The van der Waals surface area contributed by atoms with Gasteiger partial charge in [0.05, 0.1) is 0 Å². The minimum atomic E-state index is 0.0760. The molecule has 126 valence electrons. The Bertz CT molecular complexity index is 963. The van der Waals surface area contributed by atoms with Gasteiger partial charge in [-0.15, -0.1) is 0 Å². The van der Waals surface area contributed by atoms with E-state index < -0.39 is 0 Å². The summed E-state index contributed by atoms with van der Waals surface area (Å²) in [5.74, 6) is 0.865. The average Bonchev–Trinajstić information content (AvgIpc) is 3.46. The second-order valence-electron chi connectivity index (χ2n) is 6.52. The summed E-state index contributed by atoms with van der Waals surface area (Å²) in [7, 11) is 0. The van der Waals surface area contributed by atoms with E-state index in [2.05, 4.69) is 41.5 Å². The van der Waals surface area contributed by atoms with Crippen LogP contribution in [0.15, 0.2) is 48.7 Å². The highest BCUT2D eigenvalue weighted by molar-refractivity contribution is 6.33. The molecule has 1 fully saturated rings. The molecular formula is C21H19ClN2O. The van der Waals surface area contributed by atoms with Crippen molar-refractivity contribution < 1.29 is 4.79 Å². The molecule has 1 amide bonds. The highest BCUT2D eigenvalue weighted by atomic mass is 35.5. The van der Waals surface area contributed by atoms with Crippen LogP contribution in [0, 0.1) is 5.92 Å². The molecule has 1 aromatic heterocycles. The van der Waals surface area contributed by atoms with Gasteiger partial charge >= 0.3 is 0 Å². The van der Waals surface area contributed by atoms with Crippen LogP contribution in [-0.4, -0.2) is 10.9 Å². The lowest BCUT2D eigenvalue weighted by molar-refractivity contribution is -0.117. The molecular weight excluding hydrogens is 332 g/mol. The molecule has 4 heteroatoms. The maximum absolute atomic E-state index is 11.9. The lowest BCUT2D eigenvalue weighted by atomic mass is 9.96. The molecule has 0 radical (unpaired) electrons. The van der Waals surface area contributed by atoms with Crippen LogP contribution >= 0.6 is 11.6 Å². The van der Waals surface area contributed by atoms with Gasteiger partial charge in [-0.25, -0.2) is 4.98 Å². The molecule has 1 saturated carbocycles. The smallest absolute Gasteiger partial charge is 0.228 e. The molecule has 3 aromatic rings. The highest BCUT2D eigenvalue weighted by Gasteiger charge is 2.29. The van der Waals surface area contributed by atoms with Crippen LogP contribution in [0.1, 0.15) is 25.3 Å². The fourth-order valence-corrected chi connectivity index (χ4v) is 3.43. The number of fused-ring (bicyclic) bond motifs is 1. The van der Waals surface area contributed by atoms with Crippen molar-refractivity contribution in [2.75, 3.05) is 5.32 Å². The van der Waals surface area contributed by atoms with Gasteiger partial charge in [-0.2, -0.15) is 0 Å². The van der Waals surface area contributed by atoms with Crippen molar-refractivity contribution in [3.05, 3.63) is 59.2 Å². The molecule has 0 saturated heterocycles. The SMILES string of the molecule is CCc1cccc(Cl)c1-c1ccc2cc(NC(=O)C3CC3)ncc2c1. The second-order valence-corrected chi connectivity index (χ2v) is 6.93. The van der Waals surface area contributed by atoms with Crippen molar-refractivity contribution in [1.29, 1.82) is 0 Å². The number of pyridine rings is 1. The molecule has 1 N–H and O–H groups in total. The van der Waals surface area contributed by atoms with Crippen LogP contribution in [0.3, 0.4) is 0 Å². The molecule has 4 rings (SSSR count). The second kappa shape index (κ2) is 6.49. The summed E-state index contributed by atoms with van der Waals surface area (Å²) >= 11 is 6.45. The van der Waals surface area contributed by atoms with Gasteiger partial charge in [0.15, 0.2) is 0 Å². The lowest BCUT2D eigenvalue weighted by Gasteiger charge is -2.12. The van der Waals surface area contributed by atoms with Crippen LogP contribution in [0.25, 0.3) is 21.9 Å². The number of carbonyl (C=O) groups excluding carboxylic acids is 1. The minimum absolute atomic E-state index is 0.0760. The normalized spacial score (nSPS) is 13.8. The summed E-state index contributed by atoms with van der Waals surface area (Å²) in [6.07, 6.45) is 4.71. The molecule has 0 spiro atoms. The maximum Gasteiger partial charge on any atom is 0.228 e. The number of amides is 1.